The van der Waals surface area contributed by atoms with Gasteiger partial charge in [0.25, 0.3) is 5.56 Å². The van der Waals surface area contributed by atoms with E-state index >= 15 is 0 Å². The van der Waals surface area contributed by atoms with E-state index in [9.17, 15) is 9.59 Å². The van der Waals surface area contributed by atoms with Crippen molar-refractivity contribution in [2.24, 2.45) is 0 Å². The van der Waals surface area contributed by atoms with Gasteiger partial charge >= 0.3 is 0 Å². The van der Waals surface area contributed by atoms with E-state index in [0.717, 1.165) is 35.0 Å². The molecule has 6 nitrogen and oxygen atoms in total. The predicted molar refractivity (Wildman–Crippen MR) is 134 cm³/mol. The first kappa shape index (κ1) is 20.4. The van der Waals surface area contributed by atoms with Crippen LogP contribution < -0.4 is 10.9 Å². The van der Waals surface area contributed by atoms with Crippen molar-refractivity contribution >= 4 is 27.7 Å². The Bertz CT molecular complexity index is 1600. The molecule has 0 saturated heterocycles. The fourth-order valence-corrected chi connectivity index (χ4v) is 5.02. The molecule has 3 heterocycles. The molecule has 34 heavy (non-hydrogen) atoms. The summed E-state index contributed by atoms with van der Waals surface area (Å²) < 4.78 is 3.78. The number of fused-ring (bicyclic) bond motifs is 6. The summed E-state index contributed by atoms with van der Waals surface area (Å²) in [6.45, 7) is 1.33. The van der Waals surface area contributed by atoms with Crippen LogP contribution in [0.15, 0.2) is 83.7 Å². The number of aromatic nitrogens is 3. The number of rotatable bonds is 5. The molecule has 5 aromatic rings. The molecule has 0 spiro atoms. The van der Waals surface area contributed by atoms with E-state index in [2.05, 4.69) is 23.5 Å². The summed E-state index contributed by atoms with van der Waals surface area (Å²) in [5.74, 6) is 0.581. The van der Waals surface area contributed by atoms with Crippen LogP contribution in [0.3, 0.4) is 0 Å². The second kappa shape index (κ2) is 8.30. The van der Waals surface area contributed by atoms with Gasteiger partial charge in [0.2, 0.25) is 5.91 Å². The summed E-state index contributed by atoms with van der Waals surface area (Å²) in [5, 5.41) is 4.79. The number of para-hydroxylation sites is 2. The zero-order valence-corrected chi connectivity index (χ0v) is 18.7. The van der Waals surface area contributed by atoms with Crippen molar-refractivity contribution in [3.8, 4) is 11.5 Å². The van der Waals surface area contributed by atoms with Crippen molar-refractivity contribution in [3.63, 3.8) is 0 Å². The number of nitrogens with zero attached hydrogens (tertiary/aromatic N) is 3. The highest BCUT2D eigenvalue weighted by Crippen LogP contribution is 2.36. The third kappa shape index (κ3) is 3.39. The van der Waals surface area contributed by atoms with Gasteiger partial charge in [-0.1, -0.05) is 60.7 Å². The van der Waals surface area contributed by atoms with Gasteiger partial charge in [-0.05, 0) is 42.2 Å². The minimum atomic E-state index is -0.0558. The fourth-order valence-electron chi connectivity index (χ4n) is 5.02. The first-order valence-electron chi connectivity index (χ1n) is 11.6. The molecule has 0 unspecified atom stereocenters. The second-order valence-electron chi connectivity index (χ2n) is 8.68. The average Bonchev–Trinajstić information content (AvgIpc) is 3.19. The lowest BCUT2D eigenvalue weighted by Crippen LogP contribution is -2.31. The molecular weight excluding hydrogens is 424 g/mol. The van der Waals surface area contributed by atoms with Gasteiger partial charge in [-0.3, -0.25) is 14.2 Å². The summed E-state index contributed by atoms with van der Waals surface area (Å²) in [7, 11) is 0. The smallest absolute Gasteiger partial charge is 0.261 e. The molecule has 1 amide bonds. The van der Waals surface area contributed by atoms with Crippen LogP contribution >= 0.6 is 0 Å². The lowest BCUT2D eigenvalue weighted by atomic mass is 10.0. The van der Waals surface area contributed by atoms with Crippen molar-refractivity contribution in [1.29, 1.82) is 0 Å². The van der Waals surface area contributed by atoms with E-state index in [-0.39, 0.29) is 18.0 Å². The number of carbonyl (C=O) groups is 1. The van der Waals surface area contributed by atoms with Crippen LogP contribution in [0, 0.1) is 0 Å². The highest BCUT2D eigenvalue weighted by atomic mass is 16.2. The quantitative estimate of drug-likeness (QED) is 0.443. The number of amides is 1. The van der Waals surface area contributed by atoms with Crippen molar-refractivity contribution in [2.75, 3.05) is 6.54 Å². The summed E-state index contributed by atoms with van der Waals surface area (Å²) in [4.78, 5) is 31.1. The maximum atomic E-state index is 13.2. The molecule has 3 aromatic carbocycles. The van der Waals surface area contributed by atoms with Crippen LogP contribution in [0.4, 0.5) is 0 Å². The Morgan fingerprint density at radius 2 is 1.65 bits per heavy atom. The van der Waals surface area contributed by atoms with E-state index in [1.807, 2.05) is 65.2 Å². The predicted octanol–water partition coefficient (Wildman–Crippen LogP) is 3.93. The molecule has 168 valence electrons. The molecule has 0 fully saturated rings. The Hall–Kier alpha value is -4.19. The summed E-state index contributed by atoms with van der Waals surface area (Å²) in [5.41, 5.74) is 4.84. The van der Waals surface area contributed by atoms with Gasteiger partial charge in [-0.15, -0.1) is 0 Å². The highest BCUT2D eigenvalue weighted by molar-refractivity contribution is 5.93. The van der Waals surface area contributed by atoms with E-state index in [1.54, 1.807) is 4.57 Å². The molecule has 1 N–H and O–H groups in total. The number of nitrogens with one attached hydrogen (secondary N) is 1. The molecule has 2 aromatic heterocycles. The molecule has 6 rings (SSSR count). The zero-order chi connectivity index (χ0) is 23.1. The Kier molecular flexibility index (Phi) is 4.99. The van der Waals surface area contributed by atoms with E-state index in [4.69, 9.17) is 4.98 Å². The van der Waals surface area contributed by atoms with E-state index < -0.39 is 0 Å². The van der Waals surface area contributed by atoms with Crippen molar-refractivity contribution in [2.45, 2.75) is 25.9 Å². The monoisotopic (exact) mass is 448 g/mol. The minimum absolute atomic E-state index is 0.0321. The van der Waals surface area contributed by atoms with Gasteiger partial charge in [0.1, 0.15) is 6.54 Å². The molecular formula is C28H24N4O2. The Balaban J connectivity index is 1.40. The van der Waals surface area contributed by atoms with Crippen LogP contribution in [0.1, 0.15) is 11.1 Å². The summed E-state index contributed by atoms with van der Waals surface area (Å²) in [6, 6.07) is 25.7. The van der Waals surface area contributed by atoms with Gasteiger partial charge in [-0.25, -0.2) is 4.98 Å². The average molecular weight is 449 g/mol. The molecule has 0 aliphatic carbocycles. The number of carbonyl (C=O) groups excluding carboxylic acids is 1. The Morgan fingerprint density at radius 1 is 0.912 bits per heavy atom. The molecule has 6 heteroatoms. The third-order valence-electron chi connectivity index (χ3n) is 6.61. The zero-order valence-electron chi connectivity index (χ0n) is 18.7. The molecule has 0 saturated carbocycles. The minimum Gasteiger partial charge on any atom is -0.354 e. The van der Waals surface area contributed by atoms with E-state index in [0.29, 0.717) is 29.8 Å². The van der Waals surface area contributed by atoms with Crippen molar-refractivity contribution in [1.82, 2.24) is 19.4 Å². The van der Waals surface area contributed by atoms with Gasteiger partial charge in [0, 0.05) is 24.0 Å². The molecule has 0 radical (unpaired) electrons. The van der Waals surface area contributed by atoms with Gasteiger partial charge in [-0.2, -0.15) is 0 Å². The maximum absolute atomic E-state index is 13.2. The third-order valence-corrected chi connectivity index (χ3v) is 6.61. The normalized spacial score (nSPS) is 12.5. The molecule has 0 bridgehead atoms. The number of benzene rings is 3. The number of hydrogen-bond donors (Lipinski definition) is 1. The van der Waals surface area contributed by atoms with Gasteiger partial charge in [0.05, 0.1) is 16.6 Å². The van der Waals surface area contributed by atoms with Gasteiger partial charge in [0.15, 0.2) is 5.82 Å². The molecule has 1 aliphatic heterocycles. The first-order valence-corrected chi connectivity index (χ1v) is 11.6. The standard InChI is InChI=1S/C28H24N4O2/c33-25(29-16-14-19-8-2-1-3-9-19)18-32-24-13-7-5-10-20(24)21-15-17-31-27(26(21)32)30-23-12-6-4-11-22(23)28(31)34/h1-13H,14-18H2,(H,29,33). The topological polar surface area (TPSA) is 68.9 Å². The second-order valence-corrected chi connectivity index (χ2v) is 8.68. The van der Waals surface area contributed by atoms with Crippen LogP contribution in [-0.4, -0.2) is 26.6 Å². The van der Waals surface area contributed by atoms with Crippen LogP contribution in [0.25, 0.3) is 33.3 Å². The Labute approximate surface area is 196 Å². The van der Waals surface area contributed by atoms with Crippen molar-refractivity contribution in [3.05, 3.63) is 100 Å². The number of hydrogen-bond acceptors (Lipinski definition) is 3. The SMILES string of the molecule is O=C(Cn1c2c(c3ccccc31)CCn1c-2nc2ccccc2c1=O)NCCc1ccccc1. The van der Waals surface area contributed by atoms with Crippen LogP contribution in [-0.2, 0) is 30.7 Å². The molecule has 0 atom stereocenters. The highest BCUT2D eigenvalue weighted by Gasteiger charge is 2.27. The summed E-state index contributed by atoms with van der Waals surface area (Å²) in [6.07, 6.45) is 1.51. The van der Waals surface area contributed by atoms with Crippen LogP contribution in [0.5, 0.6) is 0 Å². The van der Waals surface area contributed by atoms with Crippen molar-refractivity contribution < 1.29 is 4.79 Å². The number of aryl methyl sites for hydroxylation is 1. The lowest BCUT2D eigenvalue weighted by molar-refractivity contribution is -0.121. The maximum Gasteiger partial charge on any atom is 0.261 e. The van der Waals surface area contributed by atoms with Gasteiger partial charge < -0.3 is 9.88 Å². The Morgan fingerprint density at radius 3 is 2.50 bits per heavy atom. The lowest BCUT2D eigenvalue weighted by Gasteiger charge is -2.21. The largest absolute Gasteiger partial charge is 0.354 e. The van der Waals surface area contributed by atoms with Crippen LogP contribution in [0.2, 0.25) is 0 Å². The fraction of sp³-hybridized carbons (Fsp3) is 0.179. The van der Waals surface area contributed by atoms with E-state index in [1.165, 1.54) is 5.56 Å². The first-order chi connectivity index (χ1) is 16.7. The molecule has 1 aliphatic rings. The summed E-state index contributed by atoms with van der Waals surface area (Å²) >= 11 is 0.